The van der Waals surface area contributed by atoms with Crippen molar-refractivity contribution in [3.63, 3.8) is 0 Å². The number of ketones is 1. The van der Waals surface area contributed by atoms with Crippen molar-refractivity contribution in [1.82, 2.24) is 4.31 Å². The summed E-state index contributed by atoms with van der Waals surface area (Å²) in [7, 11) is -3.70. The first-order valence-electron chi connectivity index (χ1n) is 8.23. The fourth-order valence-corrected chi connectivity index (χ4v) is 4.65. The lowest BCUT2D eigenvalue weighted by Crippen LogP contribution is -2.39. The van der Waals surface area contributed by atoms with Crippen LogP contribution in [0.2, 0.25) is 0 Å². The van der Waals surface area contributed by atoms with Crippen LogP contribution in [0.5, 0.6) is 0 Å². The Balaban J connectivity index is 2.06. The zero-order valence-corrected chi connectivity index (χ0v) is 15.2. The summed E-state index contributed by atoms with van der Waals surface area (Å²) >= 11 is 0. The van der Waals surface area contributed by atoms with Gasteiger partial charge in [0.05, 0.1) is 10.9 Å². The van der Waals surface area contributed by atoms with Crippen molar-refractivity contribution < 1.29 is 13.2 Å². The fourth-order valence-electron chi connectivity index (χ4n) is 3.04. The lowest BCUT2D eigenvalue weighted by atomic mass is 9.97. The van der Waals surface area contributed by atoms with Gasteiger partial charge >= 0.3 is 0 Å². The summed E-state index contributed by atoms with van der Waals surface area (Å²) in [4.78, 5) is 12.1. The third-order valence-corrected chi connectivity index (χ3v) is 6.39. The monoisotopic (exact) mass is 355 g/mol. The Morgan fingerprint density at radius 2 is 1.68 bits per heavy atom. The van der Waals surface area contributed by atoms with E-state index in [0.29, 0.717) is 12.0 Å². The van der Waals surface area contributed by atoms with Crippen molar-refractivity contribution in [1.29, 1.82) is 0 Å². The van der Waals surface area contributed by atoms with Crippen LogP contribution < -0.4 is 0 Å². The molecule has 0 radical (unpaired) electrons. The molecule has 0 aliphatic carbocycles. The zero-order chi connectivity index (χ0) is 18.0. The third kappa shape index (κ3) is 3.57. The molecule has 0 unspecified atom stereocenters. The maximum Gasteiger partial charge on any atom is 0.243 e. The van der Waals surface area contributed by atoms with Gasteiger partial charge in [-0.15, -0.1) is 0 Å². The minimum Gasteiger partial charge on any atom is -0.295 e. The van der Waals surface area contributed by atoms with Crippen molar-refractivity contribution in [2.45, 2.75) is 31.2 Å². The SMILES string of the molecule is CC(=O)C1=CC[C@@H](c2ccccc2)N(S(=O)(=O)c2ccc(C)cc2)C1. The number of hydrogen-bond acceptors (Lipinski definition) is 3. The Bertz CT molecular complexity index is 900. The molecule has 0 saturated carbocycles. The normalized spacial score (nSPS) is 18.6. The predicted octanol–water partition coefficient (Wildman–Crippen LogP) is 3.65. The molecule has 25 heavy (non-hydrogen) atoms. The Hall–Kier alpha value is -2.24. The fraction of sp³-hybridized carbons (Fsp3) is 0.250. The van der Waals surface area contributed by atoms with Gasteiger partial charge < -0.3 is 0 Å². The molecule has 0 fully saturated rings. The van der Waals surface area contributed by atoms with Gasteiger partial charge in [0.2, 0.25) is 10.0 Å². The van der Waals surface area contributed by atoms with Gasteiger partial charge in [-0.3, -0.25) is 4.79 Å². The Morgan fingerprint density at radius 1 is 1.04 bits per heavy atom. The van der Waals surface area contributed by atoms with E-state index in [1.165, 1.54) is 11.2 Å². The molecule has 3 rings (SSSR count). The van der Waals surface area contributed by atoms with Crippen LogP contribution in [0.1, 0.15) is 30.5 Å². The average molecular weight is 355 g/mol. The molecule has 2 aromatic carbocycles. The maximum absolute atomic E-state index is 13.2. The quantitative estimate of drug-likeness (QED) is 0.841. The molecule has 130 valence electrons. The Kier molecular flexibility index (Phi) is 4.88. The molecule has 0 N–H and O–H groups in total. The number of rotatable bonds is 4. The van der Waals surface area contributed by atoms with Crippen LogP contribution in [0.4, 0.5) is 0 Å². The minimum absolute atomic E-state index is 0.0874. The second kappa shape index (κ2) is 6.94. The van der Waals surface area contributed by atoms with Gasteiger partial charge in [-0.25, -0.2) is 8.42 Å². The highest BCUT2D eigenvalue weighted by Gasteiger charge is 2.35. The number of sulfonamides is 1. The van der Waals surface area contributed by atoms with Crippen LogP contribution in [0, 0.1) is 6.92 Å². The first-order chi connectivity index (χ1) is 11.9. The van der Waals surface area contributed by atoms with Crippen LogP contribution in [0.15, 0.2) is 71.1 Å². The predicted molar refractivity (Wildman–Crippen MR) is 97.6 cm³/mol. The van der Waals surface area contributed by atoms with E-state index in [9.17, 15) is 13.2 Å². The Labute approximate surface area is 148 Å². The molecular weight excluding hydrogens is 334 g/mol. The Morgan fingerprint density at radius 3 is 2.28 bits per heavy atom. The summed E-state index contributed by atoms with van der Waals surface area (Å²) in [5.74, 6) is -0.0874. The molecule has 1 aliphatic rings. The van der Waals surface area contributed by atoms with E-state index in [-0.39, 0.29) is 23.3 Å². The average Bonchev–Trinajstić information content (AvgIpc) is 2.62. The second-order valence-electron chi connectivity index (χ2n) is 6.31. The van der Waals surface area contributed by atoms with Crippen LogP contribution in [-0.4, -0.2) is 25.1 Å². The molecule has 0 bridgehead atoms. The van der Waals surface area contributed by atoms with Crippen LogP contribution in [0.25, 0.3) is 0 Å². The molecule has 5 heteroatoms. The summed E-state index contributed by atoms with van der Waals surface area (Å²) in [5, 5.41) is 0. The van der Waals surface area contributed by atoms with Crippen molar-refractivity contribution in [3.8, 4) is 0 Å². The minimum atomic E-state index is -3.70. The van der Waals surface area contributed by atoms with Gasteiger partial charge in [-0.05, 0) is 38.0 Å². The van der Waals surface area contributed by atoms with E-state index in [4.69, 9.17) is 0 Å². The lowest BCUT2D eigenvalue weighted by molar-refractivity contribution is -0.113. The molecule has 1 aliphatic heterocycles. The van der Waals surface area contributed by atoms with Gasteiger partial charge in [0, 0.05) is 12.1 Å². The summed E-state index contributed by atoms with van der Waals surface area (Å²) in [5.41, 5.74) is 2.47. The number of hydrogen-bond donors (Lipinski definition) is 0. The highest BCUT2D eigenvalue weighted by Crippen LogP contribution is 2.35. The number of aryl methyl sites for hydroxylation is 1. The third-order valence-electron chi connectivity index (χ3n) is 4.53. The van der Waals surface area contributed by atoms with Crippen LogP contribution >= 0.6 is 0 Å². The smallest absolute Gasteiger partial charge is 0.243 e. The summed E-state index contributed by atoms with van der Waals surface area (Å²) < 4.78 is 27.9. The van der Waals surface area contributed by atoms with Crippen LogP contribution in [-0.2, 0) is 14.8 Å². The van der Waals surface area contributed by atoms with E-state index < -0.39 is 10.0 Å². The van der Waals surface area contributed by atoms with E-state index in [1.807, 2.05) is 43.3 Å². The van der Waals surface area contributed by atoms with Crippen LogP contribution in [0.3, 0.4) is 0 Å². The molecule has 0 aromatic heterocycles. The molecule has 4 nitrogen and oxygen atoms in total. The number of carbonyl (C=O) groups excluding carboxylic acids is 1. The number of benzene rings is 2. The lowest BCUT2D eigenvalue weighted by Gasteiger charge is -2.34. The van der Waals surface area contributed by atoms with Crippen molar-refractivity contribution >= 4 is 15.8 Å². The highest BCUT2D eigenvalue weighted by molar-refractivity contribution is 7.89. The number of carbonyl (C=O) groups is 1. The summed E-state index contributed by atoms with van der Waals surface area (Å²) in [6, 6.07) is 16.1. The van der Waals surface area contributed by atoms with Crippen molar-refractivity contribution in [2.75, 3.05) is 6.54 Å². The highest BCUT2D eigenvalue weighted by atomic mass is 32.2. The molecule has 0 saturated heterocycles. The zero-order valence-electron chi connectivity index (χ0n) is 14.3. The largest absolute Gasteiger partial charge is 0.295 e. The maximum atomic E-state index is 13.2. The molecule has 0 spiro atoms. The molecule has 1 atom stereocenters. The molecule has 1 heterocycles. The standard InChI is InChI=1S/C20H21NO3S/c1-15-8-11-19(12-9-15)25(23,24)21-14-18(16(2)22)10-13-20(21)17-6-4-3-5-7-17/h3-12,20H,13-14H2,1-2H3/t20-/m0/s1. The molecule has 2 aromatic rings. The van der Waals surface area contributed by atoms with E-state index in [0.717, 1.165) is 11.1 Å². The van der Waals surface area contributed by atoms with Crippen molar-refractivity contribution in [3.05, 3.63) is 77.4 Å². The number of nitrogens with zero attached hydrogens (tertiary/aromatic N) is 1. The topological polar surface area (TPSA) is 54.5 Å². The van der Waals surface area contributed by atoms with Gasteiger partial charge in [-0.2, -0.15) is 4.31 Å². The summed E-state index contributed by atoms with van der Waals surface area (Å²) in [6.45, 7) is 3.50. The van der Waals surface area contributed by atoms with Crippen molar-refractivity contribution in [2.24, 2.45) is 0 Å². The number of Topliss-reactive ketones (excluding diaryl/α,β-unsaturated/α-hetero) is 1. The summed E-state index contributed by atoms with van der Waals surface area (Å²) in [6.07, 6.45) is 2.35. The van der Waals surface area contributed by atoms with E-state index in [1.54, 1.807) is 24.3 Å². The first-order valence-corrected chi connectivity index (χ1v) is 9.67. The second-order valence-corrected chi connectivity index (χ2v) is 8.20. The van der Waals surface area contributed by atoms with E-state index >= 15 is 0 Å². The molecular formula is C20H21NO3S. The van der Waals surface area contributed by atoms with E-state index in [2.05, 4.69) is 0 Å². The van der Waals surface area contributed by atoms with Gasteiger partial charge in [0.1, 0.15) is 0 Å². The first kappa shape index (κ1) is 17.6. The molecule has 0 amide bonds. The van der Waals surface area contributed by atoms with Gasteiger partial charge in [-0.1, -0.05) is 54.1 Å². The van der Waals surface area contributed by atoms with Gasteiger partial charge in [0.15, 0.2) is 5.78 Å². The van der Waals surface area contributed by atoms with Gasteiger partial charge in [0.25, 0.3) is 0 Å².